The monoisotopic (exact) mass is 351 g/mol. The van der Waals surface area contributed by atoms with Crippen molar-refractivity contribution in [3.8, 4) is 11.5 Å². The first-order valence-electron chi connectivity index (χ1n) is 8.15. The third kappa shape index (κ3) is 4.72. The van der Waals surface area contributed by atoms with Crippen molar-refractivity contribution in [3.05, 3.63) is 29.8 Å². The van der Waals surface area contributed by atoms with Crippen molar-refractivity contribution in [1.82, 2.24) is 4.90 Å². The van der Waals surface area contributed by atoms with Gasteiger partial charge in [-0.2, -0.15) is 0 Å². The molecular weight excluding hydrogens is 326 g/mol. The molecule has 0 saturated carbocycles. The average Bonchev–Trinajstić information content (AvgIpc) is 2.63. The van der Waals surface area contributed by atoms with Crippen molar-refractivity contribution in [3.63, 3.8) is 0 Å². The first-order valence-corrected chi connectivity index (χ1v) is 8.15. The number of hydrogen-bond donors (Lipinski definition) is 2. The molecule has 1 aromatic rings. The van der Waals surface area contributed by atoms with E-state index in [9.17, 15) is 15.0 Å². The molecule has 0 radical (unpaired) electrons. The Bertz CT molecular complexity index is 595. The summed E-state index contributed by atoms with van der Waals surface area (Å²) in [6.45, 7) is 2.47. The number of benzene rings is 1. The molecule has 1 aliphatic rings. The van der Waals surface area contributed by atoms with Crippen LogP contribution in [0.2, 0.25) is 0 Å². The second kappa shape index (κ2) is 8.84. The second-order valence-electron chi connectivity index (χ2n) is 5.77. The van der Waals surface area contributed by atoms with E-state index in [1.807, 2.05) is 6.92 Å². The molecule has 0 bridgehead atoms. The lowest BCUT2D eigenvalue weighted by molar-refractivity contribution is -0.151. The molecule has 0 spiro atoms. The van der Waals surface area contributed by atoms with Crippen molar-refractivity contribution in [2.75, 3.05) is 34.0 Å². The molecule has 1 fully saturated rings. The molecule has 2 rings (SSSR count). The summed E-state index contributed by atoms with van der Waals surface area (Å²) in [6.07, 6.45) is 1.06. The van der Waals surface area contributed by atoms with E-state index in [0.717, 1.165) is 5.56 Å². The lowest BCUT2D eigenvalue weighted by Crippen LogP contribution is -2.57. The van der Waals surface area contributed by atoms with Crippen molar-refractivity contribution >= 4 is 12.0 Å². The molecule has 0 unspecified atom stereocenters. The molecule has 1 amide bonds. The second-order valence-corrected chi connectivity index (χ2v) is 5.77. The van der Waals surface area contributed by atoms with Gasteiger partial charge in [0.1, 0.15) is 23.7 Å². The van der Waals surface area contributed by atoms with E-state index in [2.05, 4.69) is 0 Å². The summed E-state index contributed by atoms with van der Waals surface area (Å²) in [5.41, 5.74) is 0.751. The van der Waals surface area contributed by atoms with Gasteiger partial charge in [0.15, 0.2) is 0 Å². The highest BCUT2D eigenvalue weighted by molar-refractivity contribution is 5.92. The molecule has 2 N–H and O–H groups in total. The van der Waals surface area contributed by atoms with Crippen LogP contribution < -0.4 is 9.47 Å². The normalized spacial score (nSPS) is 23.5. The Kier molecular flexibility index (Phi) is 6.81. The predicted octanol–water partition coefficient (Wildman–Crippen LogP) is 0.686. The number of rotatable bonds is 6. The van der Waals surface area contributed by atoms with Gasteiger partial charge in [-0.15, -0.1) is 0 Å². The van der Waals surface area contributed by atoms with Gasteiger partial charge in [0.05, 0.1) is 33.5 Å². The number of hydrogen-bond acceptors (Lipinski definition) is 6. The number of nitrogens with zero attached hydrogens (tertiary/aromatic N) is 1. The standard InChI is InChI=1S/C18H25NO6/c1-4-19(15-10-25-11-16(20)18(15)22)17(21)6-5-12-7-13(23-2)9-14(8-12)24-3/h5-9,15-16,18,20,22H,4,10-11H2,1-3H3/t15-,16-,18+/m1/s1. The van der Waals surface area contributed by atoms with Gasteiger partial charge >= 0.3 is 0 Å². The minimum atomic E-state index is -1.03. The van der Waals surface area contributed by atoms with Crippen LogP contribution >= 0.6 is 0 Å². The zero-order chi connectivity index (χ0) is 18.4. The van der Waals surface area contributed by atoms with E-state index < -0.39 is 18.2 Å². The van der Waals surface area contributed by atoms with Gasteiger partial charge < -0.3 is 29.3 Å². The molecule has 0 aliphatic carbocycles. The van der Waals surface area contributed by atoms with Crippen molar-refractivity contribution in [1.29, 1.82) is 0 Å². The van der Waals surface area contributed by atoms with Crippen LogP contribution in [0.15, 0.2) is 24.3 Å². The van der Waals surface area contributed by atoms with Crippen molar-refractivity contribution < 1.29 is 29.2 Å². The Morgan fingerprint density at radius 2 is 1.88 bits per heavy atom. The molecular formula is C18H25NO6. The summed E-state index contributed by atoms with van der Waals surface area (Å²) in [5, 5.41) is 19.9. The predicted molar refractivity (Wildman–Crippen MR) is 92.6 cm³/mol. The number of carbonyl (C=O) groups is 1. The lowest BCUT2D eigenvalue weighted by atomic mass is 10.0. The van der Waals surface area contributed by atoms with E-state index in [1.54, 1.807) is 38.5 Å². The number of likely N-dealkylation sites (N-methyl/N-ethyl adjacent to an activating group) is 1. The summed E-state index contributed by atoms with van der Waals surface area (Å²) >= 11 is 0. The molecule has 7 heteroatoms. The molecule has 1 aliphatic heterocycles. The first-order chi connectivity index (χ1) is 12.0. The maximum Gasteiger partial charge on any atom is 0.246 e. The number of methoxy groups -OCH3 is 2. The van der Waals surface area contributed by atoms with E-state index in [0.29, 0.717) is 18.0 Å². The van der Waals surface area contributed by atoms with Gasteiger partial charge in [0, 0.05) is 18.7 Å². The third-order valence-electron chi connectivity index (χ3n) is 4.18. The van der Waals surface area contributed by atoms with Gasteiger partial charge in [0.2, 0.25) is 5.91 Å². The van der Waals surface area contributed by atoms with Crippen molar-refractivity contribution in [2.45, 2.75) is 25.2 Å². The smallest absolute Gasteiger partial charge is 0.246 e. The maximum absolute atomic E-state index is 12.5. The highest BCUT2D eigenvalue weighted by atomic mass is 16.5. The maximum atomic E-state index is 12.5. The summed E-state index contributed by atoms with van der Waals surface area (Å²) < 4.78 is 15.7. The van der Waals surface area contributed by atoms with Gasteiger partial charge in [0.25, 0.3) is 0 Å². The summed E-state index contributed by atoms with van der Waals surface area (Å²) in [4.78, 5) is 14.0. The van der Waals surface area contributed by atoms with Gasteiger partial charge in [-0.3, -0.25) is 4.79 Å². The molecule has 1 heterocycles. The number of aliphatic hydroxyl groups excluding tert-OH is 2. The van der Waals surface area contributed by atoms with Crippen LogP contribution in [0.1, 0.15) is 12.5 Å². The largest absolute Gasteiger partial charge is 0.497 e. The molecule has 1 aromatic carbocycles. The van der Waals surface area contributed by atoms with Gasteiger partial charge in [-0.25, -0.2) is 0 Å². The van der Waals surface area contributed by atoms with E-state index >= 15 is 0 Å². The van der Waals surface area contributed by atoms with Crippen LogP contribution in [0, 0.1) is 0 Å². The number of ether oxygens (including phenoxy) is 3. The lowest BCUT2D eigenvalue weighted by Gasteiger charge is -2.38. The van der Waals surface area contributed by atoms with E-state index in [-0.39, 0.29) is 19.1 Å². The Hall–Kier alpha value is -2.09. The summed E-state index contributed by atoms with van der Waals surface area (Å²) in [6, 6.07) is 4.73. The highest BCUT2D eigenvalue weighted by Gasteiger charge is 2.36. The first kappa shape index (κ1) is 19.2. The zero-order valence-electron chi connectivity index (χ0n) is 14.7. The fraction of sp³-hybridized carbons (Fsp3) is 0.500. The number of aliphatic hydroxyl groups is 2. The minimum Gasteiger partial charge on any atom is -0.497 e. The molecule has 25 heavy (non-hydrogen) atoms. The number of amides is 1. The summed E-state index contributed by atoms with van der Waals surface area (Å²) in [5.74, 6) is 0.974. The topological polar surface area (TPSA) is 88.5 Å². The fourth-order valence-electron chi connectivity index (χ4n) is 2.78. The van der Waals surface area contributed by atoms with Crippen LogP contribution in [0.3, 0.4) is 0 Å². The van der Waals surface area contributed by atoms with E-state index in [1.165, 1.54) is 11.0 Å². The van der Waals surface area contributed by atoms with Gasteiger partial charge in [-0.1, -0.05) is 0 Å². The summed E-state index contributed by atoms with van der Waals surface area (Å²) in [7, 11) is 3.12. The molecule has 0 aromatic heterocycles. The van der Waals surface area contributed by atoms with Gasteiger partial charge in [-0.05, 0) is 30.7 Å². The van der Waals surface area contributed by atoms with Crippen molar-refractivity contribution in [2.24, 2.45) is 0 Å². The number of carbonyl (C=O) groups excluding carboxylic acids is 1. The van der Waals surface area contributed by atoms with Crippen LogP contribution in [-0.2, 0) is 9.53 Å². The molecule has 7 nitrogen and oxygen atoms in total. The fourth-order valence-corrected chi connectivity index (χ4v) is 2.78. The average molecular weight is 351 g/mol. The zero-order valence-corrected chi connectivity index (χ0v) is 14.7. The van der Waals surface area contributed by atoms with Crippen LogP contribution in [0.4, 0.5) is 0 Å². The molecule has 3 atom stereocenters. The molecule has 1 saturated heterocycles. The molecule has 138 valence electrons. The van der Waals surface area contributed by atoms with E-state index in [4.69, 9.17) is 14.2 Å². The Balaban J connectivity index is 2.15. The minimum absolute atomic E-state index is 0.0723. The quantitative estimate of drug-likeness (QED) is 0.733. The Labute approximate surface area is 147 Å². The van der Waals surface area contributed by atoms with Crippen LogP contribution in [0.25, 0.3) is 6.08 Å². The Morgan fingerprint density at radius 3 is 2.44 bits per heavy atom. The van der Waals surface area contributed by atoms with Crippen LogP contribution in [0.5, 0.6) is 11.5 Å². The Morgan fingerprint density at radius 1 is 1.24 bits per heavy atom. The highest BCUT2D eigenvalue weighted by Crippen LogP contribution is 2.23. The van der Waals surface area contributed by atoms with Crippen LogP contribution in [-0.4, -0.2) is 73.2 Å². The third-order valence-corrected chi connectivity index (χ3v) is 4.18. The SMILES string of the molecule is CCN(C(=O)C=Cc1cc(OC)cc(OC)c1)[C@@H]1COC[C@@H](O)[C@H]1O.